The lowest BCUT2D eigenvalue weighted by Crippen LogP contribution is -2.19. The van der Waals surface area contributed by atoms with Crippen LogP contribution < -0.4 is 15.4 Å². The number of hydrogen-bond acceptors (Lipinski definition) is 5. The molecule has 0 aromatic heterocycles. The van der Waals surface area contributed by atoms with Gasteiger partial charge in [-0.3, -0.25) is 4.79 Å². The standard InChI is InChI=1S/C17H19F2N3O3S2/c1-22(2)16-6-4-12(27(20,24)25)10-15(16)21-17(23)7-8-26-11-3-5-13(18)14(19)9-11/h3-6,9-10H,7-8H2,1-2H3,(H,21,23)(H2,20,24,25). The Morgan fingerprint density at radius 2 is 1.85 bits per heavy atom. The first-order valence-electron chi connectivity index (χ1n) is 7.80. The largest absolute Gasteiger partial charge is 0.376 e. The Kier molecular flexibility index (Phi) is 6.79. The zero-order valence-electron chi connectivity index (χ0n) is 14.7. The number of nitrogens with one attached hydrogen (secondary N) is 1. The SMILES string of the molecule is CN(C)c1ccc(S(N)(=O)=O)cc1NC(=O)CCSc1ccc(F)c(F)c1. The van der Waals surface area contributed by atoms with Gasteiger partial charge in [-0.15, -0.1) is 11.8 Å². The van der Waals surface area contributed by atoms with E-state index in [4.69, 9.17) is 5.14 Å². The number of carbonyl (C=O) groups is 1. The Hall–Kier alpha value is -2.17. The van der Waals surface area contributed by atoms with Crippen LogP contribution in [0.25, 0.3) is 0 Å². The second kappa shape index (κ2) is 8.68. The first kappa shape index (κ1) is 21.1. The summed E-state index contributed by atoms with van der Waals surface area (Å²) in [6.07, 6.45) is 0.0934. The van der Waals surface area contributed by atoms with Crippen LogP contribution in [0.4, 0.5) is 20.2 Å². The molecule has 0 unspecified atom stereocenters. The minimum Gasteiger partial charge on any atom is -0.376 e. The molecular weight excluding hydrogens is 396 g/mol. The minimum atomic E-state index is -3.90. The molecule has 3 N–H and O–H groups in total. The molecule has 6 nitrogen and oxygen atoms in total. The molecule has 0 aliphatic rings. The van der Waals surface area contributed by atoms with Crippen LogP contribution in [0, 0.1) is 11.6 Å². The van der Waals surface area contributed by atoms with E-state index in [2.05, 4.69) is 5.32 Å². The second-order valence-corrected chi connectivity index (χ2v) is 8.57. The molecule has 0 spiro atoms. The van der Waals surface area contributed by atoms with Gasteiger partial charge in [-0.25, -0.2) is 22.3 Å². The number of carbonyl (C=O) groups excluding carboxylic acids is 1. The van der Waals surface area contributed by atoms with E-state index >= 15 is 0 Å². The normalized spacial score (nSPS) is 11.3. The van der Waals surface area contributed by atoms with Crippen molar-refractivity contribution in [3.8, 4) is 0 Å². The Bertz CT molecular complexity index is 950. The quantitative estimate of drug-likeness (QED) is 0.679. The molecule has 2 rings (SSSR count). The molecule has 0 aliphatic carbocycles. The number of sulfonamides is 1. The van der Waals surface area contributed by atoms with E-state index in [-0.39, 0.29) is 17.2 Å². The van der Waals surface area contributed by atoms with Crippen molar-refractivity contribution in [3.63, 3.8) is 0 Å². The highest BCUT2D eigenvalue weighted by Crippen LogP contribution is 2.28. The number of anilines is 2. The molecule has 0 fully saturated rings. The smallest absolute Gasteiger partial charge is 0.238 e. The number of hydrogen-bond donors (Lipinski definition) is 2. The lowest BCUT2D eigenvalue weighted by molar-refractivity contribution is -0.115. The van der Waals surface area contributed by atoms with Gasteiger partial charge in [0.2, 0.25) is 15.9 Å². The van der Waals surface area contributed by atoms with E-state index in [1.165, 1.54) is 30.0 Å². The third-order valence-electron chi connectivity index (χ3n) is 3.54. The molecule has 146 valence electrons. The molecule has 0 radical (unpaired) electrons. The Labute approximate surface area is 160 Å². The monoisotopic (exact) mass is 415 g/mol. The summed E-state index contributed by atoms with van der Waals surface area (Å²) in [6, 6.07) is 7.73. The van der Waals surface area contributed by atoms with Crippen molar-refractivity contribution in [1.82, 2.24) is 0 Å². The number of nitrogens with zero attached hydrogens (tertiary/aromatic N) is 1. The van der Waals surface area contributed by atoms with Crippen molar-refractivity contribution in [2.24, 2.45) is 5.14 Å². The highest BCUT2D eigenvalue weighted by atomic mass is 32.2. The molecule has 27 heavy (non-hydrogen) atoms. The van der Waals surface area contributed by atoms with E-state index < -0.39 is 21.7 Å². The van der Waals surface area contributed by atoms with Crippen molar-refractivity contribution >= 4 is 39.1 Å². The summed E-state index contributed by atoms with van der Waals surface area (Å²) in [5.41, 5.74) is 0.929. The number of nitrogens with two attached hydrogens (primary N) is 1. The van der Waals surface area contributed by atoms with Crippen LogP contribution in [-0.2, 0) is 14.8 Å². The van der Waals surface area contributed by atoms with Gasteiger partial charge in [-0.1, -0.05) is 0 Å². The Balaban J connectivity index is 2.04. The van der Waals surface area contributed by atoms with Crippen molar-refractivity contribution < 1.29 is 22.0 Å². The molecule has 1 amide bonds. The van der Waals surface area contributed by atoms with E-state index in [1.807, 2.05) is 0 Å². The number of primary sulfonamides is 1. The Morgan fingerprint density at radius 1 is 1.15 bits per heavy atom. The molecule has 2 aromatic rings. The molecule has 2 aromatic carbocycles. The summed E-state index contributed by atoms with van der Waals surface area (Å²) in [5, 5.41) is 7.80. The number of benzene rings is 2. The van der Waals surface area contributed by atoms with Gasteiger partial charge in [0.1, 0.15) is 0 Å². The fraction of sp³-hybridized carbons (Fsp3) is 0.235. The average Bonchev–Trinajstić information content (AvgIpc) is 2.57. The highest BCUT2D eigenvalue weighted by molar-refractivity contribution is 7.99. The van der Waals surface area contributed by atoms with Gasteiger partial charge >= 0.3 is 0 Å². The van der Waals surface area contributed by atoms with Gasteiger partial charge in [0.05, 0.1) is 16.3 Å². The van der Waals surface area contributed by atoms with Crippen LogP contribution in [0.1, 0.15) is 6.42 Å². The van der Waals surface area contributed by atoms with Gasteiger partial charge in [0.25, 0.3) is 0 Å². The third-order valence-corrected chi connectivity index (χ3v) is 5.45. The van der Waals surface area contributed by atoms with Crippen molar-refractivity contribution in [2.75, 3.05) is 30.1 Å². The first-order valence-corrected chi connectivity index (χ1v) is 10.3. The predicted octanol–water partition coefficient (Wildman–Crippen LogP) is 2.80. The second-order valence-electron chi connectivity index (χ2n) is 5.84. The molecule has 0 heterocycles. The average molecular weight is 415 g/mol. The molecule has 0 aliphatic heterocycles. The summed E-state index contributed by atoms with van der Waals surface area (Å²) in [6.45, 7) is 0. The Morgan fingerprint density at radius 3 is 2.44 bits per heavy atom. The molecule has 10 heteroatoms. The molecule has 0 saturated heterocycles. The summed E-state index contributed by atoms with van der Waals surface area (Å²) in [7, 11) is -0.403. The fourth-order valence-electron chi connectivity index (χ4n) is 2.22. The predicted molar refractivity (Wildman–Crippen MR) is 102 cm³/mol. The van der Waals surface area contributed by atoms with Gasteiger partial charge in [-0.2, -0.15) is 0 Å². The van der Waals surface area contributed by atoms with Gasteiger partial charge in [0.15, 0.2) is 11.6 Å². The zero-order chi connectivity index (χ0) is 20.2. The maximum atomic E-state index is 13.2. The fourth-order valence-corrected chi connectivity index (χ4v) is 3.64. The van der Waals surface area contributed by atoms with E-state index in [0.29, 0.717) is 22.0 Å². The molecule has 0 atom stereocenters. The molecule has 0 bridgehead atoms. The topological polar surface area (TPSA) is 92.5 Å². The van der Waals surface area contributed by atoms with Gasteiger partial charge in [-0.05, 0) is 36.4 Å². The summed E-state index contributed by atoms with van der Waals surface area (Å²) < 4.78 is 49.1. The van der Waals surface area contributed by atoms with Crippen LogP contribution >= 0.6 is 11.8 Å². The molecule has 0 saturated carbocycles. The summed E-state index contributed by atoms with van der Waals surface area (Å²) >= 11 is 1.21. The maximum Gasteiger partial charge on any atom is 0.238 e. The van der Waals surface area contributed by atoms with Crippen molar-refractivity contribution in [2.45, 2.75) is 16.2 Å². The van der Waals surface area contributed by atoms with E-state index in [0.717, 1.165) is 12.1 Å². The number of rotatable bonds is 7. The van der Waals surface area contributed by atoms with Crippen LogP contribution in [0.5, 0.6) is 0 Å². The number of halogens is 2. The highest BCUT2D eigenvalue weighted by Gasteiger charge is 2.14. The van der Waals surface area contributed by atoms with Crippen LogP contribution in [0.15, 0.2) is 46.2 Å². The minimum absolute atomic E-state index is 0.0934. The first-order chi connectivity index (χ1) is 12.6. The van der Waals surface area contributed by atoms with Gasteiger partial charge in [0, 0.05) is 31.2 Å². The van der Waals surface area contributed by atoms with Crippen molar-refractivity contribution in [1.29, 1.82) is 0 Å². The summed E-state index contributed by atoms with van der Waals surface area (Å²) in [5.74, 6) is -1.88. The van der Waals surface area contributed by atoms with E-state index in [9.17, 15) is 22.0 Å². The summed E-state index contributed by atoms with van der Waals surface area (Å²) in [4.78, 5) is 14.3. The zero-order valence-corrected chi connectivity index (χ0v) is 16.3. The maximum absolute atomic E-state index is 13.2. The van der Waals surface area contributed by atoms with Crippen LogP contribution in [-0.4, -0.2) is 34.2 Å². The lowest BCUT2D eigenvalue weighted by atomic mass is 10.2. The number of amides is 1. The number of thioether (sulfide) groups is 1. The van der Waals surface area contributed by atoms with Crippen LogP contribution in [0.2, 0.25) is 0 Å². The molecular formula is C17H19F2N3O3S2. The van der Waals surface area contributed by atoms with Gasteiger partial charge < -0.3 is 10.2 Å². The van der Waals surface area contributed by atoms with E-state index in [1.54, 1.807) is 25.1 Å². The van der Waals surface area contributed by atoms with Crippen LogP contribution in [0.3, 0.4) is 0 Å². The lowest BCUT2D eigenvalue weighted by Gasteiger charge is -2.18. The third kappa shape index (κ3) is 5.91. The van der Waals surface area contributed by atoms with Crippen molar-refractivity contribution in [3.05, 3.63) is 48.0 Å².